The molecule has 2 N–H and O–H groups in total. The molecule has 0 spiro atoms. The Bertz CT molecular complexity index is 1400. The Morgan fingerprint density at radius 3 is 2.54 bits per heavy atom. The number of hydrogen-bond acceptors (Lipinski definition) is 8. The molecule has 11 nitrogen and oxygen atoms in total. The first-order valence-corrected chi connectivity index (χ1v) is 12.8. The molecule has 16 heteroatoms. The standard InChI is InChI=1S/C23H22ClF3N4O7S/c1-36-8-9-37-18-6-5-15(20(11-18)38-21-19(24)10-16(12-29-21)23(25,26)27)14-31(22(32)33)39(34,35)30-13-17-4-2-3-7-28-17/h2-7,10-12,30H,8-9,13-14H2,1H3,(H,32,33). The summed E-state index contributed by atoms with van der Waals surface area (Å²) in [7, 11) is -3.13. The molecule has 3 rings (SSSR count). The van der Waals surface area contributed by atoms with Crippen molar-refractivity contribution in [1.29, 1.82) is 0 Å². The van der Waals surface area contributed by atoms with Gasteiger partial charge in [0.15, 0.2) is 0 Å². The second kappa shape index (κ2) is 12.9. The molecule has 39 heavy (non-hydrogen) atoms. The molecule has 0 aliphatic carbocycles. The molecule has 0 saturated heterocycles. The lowest BCUT2D eigenvalue weighted by molar-refractivity contribution is -0.137. The van der Waals surface area contributed by atoms with Crippen molar-refractivity contribution in [3.05, 3.63) is 76.7 Å². The Hall–Kier alpha value is -3.66. The Morgan fingerprint density at radius 1 is 1.15 bits per heavy atom. The van der Waals surface area contributed by atoms with Crippen LogP contribution in [0.4, 0.5) is 18.0 Å². The summed E-state index contributed by atoms with van der Waals surface area (Å²) in [4.78, 5) is 19.5. The number of ether oxygens (including phenoxy) is 3. The monoisotopic (exact) mass is 590 g/mol. The van der Waals surface area contributed by atoms with Crippen LogP contribution in [0.2, 0.25) is 5.02 Å². The molecule has 0 unspecified atom stereocenters. The van der Waals surface area contributed by atoms with Gasteiger partial charge < -0.3 is 19.3 Å². The van der Waals surface area contributed by atoms with Crippen LogP contribution in [-0.2, 0) is 34.2 Å². The van der Waals surface area contributed by atoms with E-state index in [2.05, 4.69) is 14.7 Å². The van der Waals surface area contributed by atoms with E-state index in [9.17, 15) is 31.5 Å². The van der Waals surface area contributed by atoms with E-state index in [0.29, 0.717) is 18.0 Å². The quantitative estimate of drug-likeness (QED) is 0.292. The van der Waals surface area contributed by atoms with Crippen LogP contribution in [0.25, 0.3) is 0 Å². The van der Waals surface area contributed by atoms with E-state index in [1.165, 1.54) is 31.5 Å². The number of rotatable bonds is 12. The molecule has 0 radical (unpaired) electrons. The zero-order valence-corrected chi connectivity index (χ0v) is 21.8. The maximum atomic E-state index is 13.0. The number of carbonyl (C=O) groups is 1. The molecular weight excluding hydrogens is 569 g/mol. The number of benzene rings is 1. The third-order valence-corrected chi connectivity index (χ3v) is 6.56. The highest BCUT2D eigenvalue weighted by atomic mass is 35.5. The number of aromatic nitrogens is 2. The van der Waals surface area contributed by atoms with E-state index in [1.807, 2.05) is 0 Å². The lowest BCUT2D eigenvalue weighted by atomic mass is 10.2. The Morgan fingerprint density at radius 2 is 1.92 bits per heavy atom. The van der Waals surface area contributed by atoms with Gasteiger partial charge in [-0.05, 0) is 30.3 Å². The molecular formula is C23H22ClF3N4O7S. The summed E-state index contributed by atoms with van der Waals surface area (Å²) in [6.45, 7) is -0.661. The van der Waals surface area contributed by atoms with Gasteiger partial charge in [0.2, 0.25) is 5.88 Å². The minimum atomic E-state index is -4.70. The van der Waals surface area contributed by atoms with Crippen molar-refractivity contribution in [3.63, 3.8) is 0 Å². The topological polar surface area (TPSA) is 140 Å². The number of hydrogen-bond donors (Lipinski definition) is 2. The normalized spacial score (nSPS) is 11.7. The predicted octanol–water partition coefficient (Wildman–Crippen LogP) is 4.48. The number of nitrogens with one attached hydrogen (secondary N) is 1. The number of halogens is 4. The van der Waals surface area contributed by atoms with E-state index >= 15 is 0 Å². The zero-order chi connectivity index (χ0) is 28.6. The van der Waals surface area contributed by atoms with Crippen LogP contribution in [0.5, 0.6) is 17.4 Å². The van der Waals surface area contributed by atoms with Gasteiger partial charge in [0.25, 0.3) is 0 Å². The van der Waals surface area contributed by atoms with E-state index < -0.39 is 45.5 Å². The van der Waals surface area contributed by atoms with Crippen molar-refractivity contribution in [3.8, 4) is 17.4 Å². The Labute approximate surface area is 226 Å². The number of carboxylic acid groups (broad SMARTS) is 1. The molecule has 0 aliphatic rings. The van der Waals surface area contributed by atoms with Crippen molar-refractivity contribution in [1.82, 2.24) is 19.0 Å². The summed E-state index contributed by atoms with van der Waals surface area (Å²) in [6, 6.07) is 9.46. The van der Waals surface area contributed by atoms with Crippen molar-refractivity contribution in [2.45, 2.75) is 19.3 Å². The fraction of sp³-hybridized carbons (Fsp3) is 0.261. The molecule has 0 saturated carbocycles. The van der Waals surface area contributed by atoms with Crippen LogP contribution in [0.1, 0.15) is 16.8 Å². The van der Waals surface area contributed by atoms with Gasteiger partial charge in [-0.25, -0.2) is 9.78 Å². The van der Waals surface area contributed by atoms with Gasteiger partial charge in [-0.3, -0.25) is 4.98 Å². The first kappa shape index (κ1) is 29.9. The van der Waals surface area contributed by atoms with Gasteiger partial charge in [-0.15, -0.1) is 0 Å². The van der Waals surface area contributed by atoms with E-state index in [0.717, 1.165) is 0 Å². The van der Waals surface area contributed by atoms with Crippen molar-refractivity contribution < 1.29 is 45.7 Å². The zero-order valence-electron chi connectivity index (χ0n) is 20.2. The summed E-state index contributed by atoms with van der Waals surface area (Å²) < 4.78 is 83.0. The maximum Gasteiger partial charge on any atom is 0.422 e. The highest BCUT2D eigenvalue weighted by Gasteiger charge is 2.32. The average Bonchev–Trinajstić information content (AvgIpc) is 2.88. The minimum Gasteiger partial charge on any atom is -0.491 e. The lowest BCUT2D eigenvalue weighted by Crippen LogP contribution is -2.43. The first-order chi connectivity index (χ1) is 18.4. The van der Waals surface area contributed by atoms with Crippen LogP contribution in [0.15, 0.2) is 54.9 Å². The number of pyridine rings is 2. The van der Waals surface area contributed by atoms with Crippen LogP contribution >= 0.6 is 11.6 Å². The highest BCUT2D eigenvalue weighted by molar-refractivity contribution is 7.87. The number of alkyl halides is 3. The van der Waals surface area contributed by atoms with Crippen LogP contribution in [0, 0.1) is 0 Å². The van der Waals surface area contributed by atoms with E-state index in [4.69, 9.17) is 25.8 Å². The molecule has 1 aromatic carbocycles. The second-order valence-electron chi connectivity index (χ2n) is 7.66. The third kappa shape index (κ3) is 8.41. The Balaban J connectivity index is 1.92. The van der Waals surface area contributed by atoms with Gasteiger partial charge >= 0.3 is 22.5 Å². The molecule has 2 heterocycles. The molecule has 0 fully saturated rings. The highest BCUT2D eigenvalue weighted by Crippen LogP contribution is 2.36. The number of amides is 1. The van der Waals surface area contributed by atoms with Gasteiger partial charge in [-0.1, -0.05) is 17.7 Å². The van der Waals surface area contributed by atoms with Crippen LogP contribution in [-0.4, -0.2) is 54.2 Å². The fourth-order valence-corrected chi connectivity index (χ4v) is 4.21. The smallest absolute Gasteiger partial charge is 0.422 e. The summed E-state index contributed by atoms with van der Waals surface area (Å²) in [5.41, 5.74) is -0.757. The molecule has 0 aliphatic heterocycles. The molecule has 0 bridgehead atoms. The van der Waals surface area contributed by atoms with Crippen molar-refractivity contribution in [2.24, 2.45) is 0 Å². The molecule has 210 valence electrons. The molecule has 0 atom stereocenters. The summed E-state index contributed by atoms with van der Waals surface area (Å²) in [5.74, 6) is -0.380. The van der Waals surface area contributed by atoms with E-state index in [1.54, 1.807) is 18.2 Å². The number of methoxy groups -OCH3 is 1. The SMILES string of the molecule is COCCOc1ccc(CN(C(=O)O)S(=O)(=O)NCc2ccccn2)c(Oc2ncc(C(F)(F)F)cc2Cl)c1. The number of nitrogens with zero attached hydrogens (tertiary/aromatic N) is 3. The van der Waals surface area contributed by atoms with Crippen LogP contribution < -0.4 is 14.2 Å². The first-order valence-electron chi connectivity index (χ1n) is 11.0. The summed E-state index contributed by atoms with van der Waals surface area (Å²) in [5, 5.41) is 9.18. The lowest BCUT2D eigenvalue weighted by Gasteiger charge is -2.21. The average molecular weight is 591 g/mol. The third-order valence-electron chi connectivity index (χ3n) is 4.92. The second-order valence-corrected chi connectivity index (χ2v) is 9.74. The molecule has 1 amide bonds. The van der Waals surface area contributed by atoms with Gasteiger partial charge in [0, 0.05) is 31.1 Å². The maximum absolute atomic E-state index is 13.0. The largest absolute Gasteiger partial charge is 0.491 e. The Kier molecular flexibility index (Phi) is 9.91. The predicted molar refractivity (Wildman–Crippen MR) is 132 cm³/mol. The summed E-state index contributed by atoms with van der Waals surface area (Å²) >= 11 is 5.96. The van der Waals surface area contributed by atoms with Crippen LogP contribution in [0.3, 0.4) is 0 Å². The summed E-state index contributed by atoms with van der Waals surface area (Å²) in [6.07, 6.45) is -4.55. The minimum absolute atomic E-state index is 0.0115. The molecule has 2 aromatic heterocycles. The van der Waals surface area contributed by atoms with Gasteiger partial charge in [0.05, 0.1) is 31.0 Å². The van der Waals surface area contributed by atoms with Gasteiger partial charge in [0.1, 0.15) is 23.1 Å². The fourth-order valence-electron chi connectivity index (χ4n) is 3.01. The molecule has 3 aromatic rings. The van der Waals surface area contributed by atoms with Gasteiger partial charge in [-0.2, -0.15) is 30.6 Å². The van der Waals surface area contributed by atoms with E-state index in [-0.39, 0.29) is 41.1 Å². The van der Waals surface area contributed by atoms with Crippen molar-refractivity contribution in [2.75, 3.05) is 20.3 Å². The van der Waals surface area contributed by atoms with Crippen molar-refractivity contribution >= 4 is 27.9 Å².